The molecule has 90 valence electrons. The predicted molar refractivity (Wildman–Crippen MR) is 58.9 cm³/mol. The normalized spacial score (nSPS) is 14.7. The van der Waals surface area contributed by atoms with Crippen LogP contribution in [0.15, 0.2) is 12.5 Å². The Labute approximate surface area is 94.7 Å². The molecule has 5 heteroatoms. The van der Waals surface area contributed by atoms with Gasteiger partial charge in [-0.2, -0.15) is 0 Å². The highest BCUT2D eigenvalue weighted by Crippen LogP contribution is 2.21. The van der Waals surface area contributed by atoms with Crippen LogP contribution < -0.4 is 0 Å². The molecule has 0 spiro atoms. The van der Waals surface area contributed by atoms with Gasteiger partial charge in [-0.15, -0.1) is 0 Å². The Balaban J connectivity index is 2.68. The number of aliphatic carboxylic acids is 1. The quantitative estimate of drug-likeness (QED) is 0.769. The topological polar surface area (TPSA) is 75.3 Å². The van der Waals surface area contributed by atoms with Gasteiger partial charge in [-0.05, 0) is 12.8 Å². The first-order chi connectivity index (χ1) is 7.56. The summed E-state index contributed by atoms with van der Waals surface area (Å²) >= 11 is 0. The molecular weight excluding hydrogens is 208 g/mol. The lowest BCUT2D eigenvalue weighted by molar-refractivity contribution is -0.142. The molecule has 0 aliphatic rings. The zero-order valence-electron chi connectivity index (χ0n) is 9.63. The second-order valence-electron chi connectivity index (χ2n) is 4.00. The number of rotatable bonds is 6. The Hall–Kier alpha value is -1.36. The van der Waals surface area contributed by atoms with E-state index in [1.54, 1.807) is 19.4 Å². The zero-order chi connectivity index (χ0) is 12.1. The number of aliphatic hydroxyl groups excluding tert-OH is 1. The molecule has 1 heterocycles. The van der Waals surface area contributed by atoms with Crippen LogP contribution in [0.5, 0.6) is 0 Å². The number of hydrogen-bond acceptors (Lipinski definition) is 3. The van der Waals surface area contributed by atoms with E-state index in [1.807, 2.05) is 11.5 Å². The van der Waals surface area contributed by atoms with Crippen LogP contribution in [0.2, 0.25) is 0 Å². The fourth-order valence-electron chi connectivity index (χ4n) is 1.59. The molecule has 5 nitrogen and oxygen atoms in total. The molecule has 0 aliphatic heterocycles. The Bertz CT molecular complexity index is 349. The van der Waals surface area contributed by atoms with Gasteiger partial charge < -0.3 is 14.8 Å². The summed E-state index contributed by atoms with van der Waals surface area (Å²) in [6.45, 7) is 4.41. The van der Waals surface area contributed by atoms with Crippen molar-refractivity contribution in [3.05, 3.63) is 18.2 Å². The number of carbonyl (C=O) groups is 1. The number of imidazole rings is 1. The first-order valence-electron chi connectivity index (χ1n) is 5.47. The first-order valence-corrected chi connectivity index (χ1v) is 5.47. The number of carboxylic acids is 1. The minimum Gasteiger partial charge on any atom is -0.481 e. The van der Waals surface area contributed by atoms with Crippen molar-refractivity contribution in [2.75, 3.05) is 0 Å². The molecule has 1 aromatic rings. The summed E-state index contributed by atoms with van der Waals surface area (Å²) in [6, 6.07) is 0. The van der Waals surface area contributed by atoms with Crippen molar-refractivity contribution >= 4 is 5.97 Å². The van der Waals surface area contributed by atoms with Gasteiger partial charge >= 0.3 is 5.97 Å². The van der Waals surface area contributed by atoms with Gasteiger partial charge in [0, 0.05) is 6.54 Å². The number of aromatic nitrogens is 2. The molecule has 2 atom stereocenters. The van der Waals surface area contributed by atoms with Gasteiger partial charge in [0.15, 0.2) is 0 Å². The maximum absolute atomic E-state index is 10.7. The van der Waals surface area contributed by atoms with Crippen LogP contribution in [0.25, 0.3) is 0 Å². The molecule has 16 heavy (non-hydrogen) atoms. The number of carboxylic acid groups (broad SMARTS) is 1. The van der Waals surface area contributed by atoms with E-state index in [-0.39, 0.29) is 6.42 Å². The van der Waals surface area contributed by atoms with Gasteiger partial charge in [0.1, 0.15) is 0 Å². The van der Waals surface area contributed by atoms with Crippen molar-refractivity contribution in [3.8, 4) is 0 Å². The van der Waals surface area contributed by atoms with Crippen LogP contribution >= 0.6 is 0 Å². The third-order valence-corrected chi connectivity index (χ3v) is 2.55. The van der Waals surface area contributed by atoms with Crippen molar-refractivity contribution in [3.63, 3.8) is 0 Å². The van der Waals surface area contributed by atoms with Crippen molar-refractivity contribution in [1.82, 2.24) is 9.55 Å². The highest BCUT2D eigenvalue weighted by molar-refractivity contribution is 5.69. The first kappa shape index (κ1) is 12.7. The molecule has 0 saturated carbocycles. The van der Waals surface area contributed by atoms with E-state index < -0.39 is 18.0 Å². The molecule has 0 radical (unpaired) electrons. The van der Waals surface area contributed by atoms with Crippen LogP contribution in [0.4, 0.5) is 0 Å². The van der Waals surface area contributed by atoms with Gasteiger partial charge in [0.25, 0.3) is 0 Å². The number of nitrogens with zero attached hydrogens (tertiary/aromatic N) is 2. The van der Waals surface area contributed by atoms with E-state index in [0.717, 1.165) is 13.0 Å². The van der Waals surface area contributed by atoms with Crippen LogP contribution in [-0.4, -0.2) is 25.7 Å². The lowest BCUT2D eigenvalue weighted by Gasteiger charge is -2.15. The Morgan fingerprint density at radius 2 is 2.31 bits per heavy atom. The van der Waals surface area contributed by atoms with Crippen LogP contribution in [0.3, 0.4) is 0 Å². The van der Waals surface area contributed by atoms with Crippen LogP contribution in [-0.2, 0) is 11.3 Å². The van der Waals surface area contributed by atoms with Crippen molar-refractivity contribution in [1.29, 1.82) is 0 Å². The predicted octanol–water partition coefficient (Wildman–Crippen LogP) is 1.44. The average molecular weight is 226 g/mol. The maximum Gasteiger partial charge on any atom is 0.306 e. The third-order valence-electron chi connectivity index (χ3n) is 2.55. The maximum atomic E-state index is 10.7. The second-order valence-corrected chi connectivity index (χ2v) is 4.00. The minimum atomic E-state index is -0.888. The molecule has 1 aromatic heterocycles. The Morgan fingerprint density at radius 1 is 1.62 bits per heavy atom. The van der Waals surface area contributed by atoms with Gasteiger partial charge in [-0.3, -0.25) is 4.79 Å². The zero-order valence-corrected chi connectivity index (χ0v) is 9.63. The summed E-state index contributed by atoms with van der Waals surface area (Å²) in [6.07, 6.45) is 3.65. The lowest BCUT2D eigenvalue weighted by atomic mass is 10.0. The van der Waals surface area contributed by atoms with E-state index in [0.29, 0.717) is 5.69 Å². The second kappa shape index (κ2) is 5.65. The third kappa shape index (κ3) is 3.06. The highest BCUT2D eigenvalue weighted by atomic mass is 16.4. The van der Waals surface area contributed by atoms with Crippen molar-refractivity contribution < 1.29 is 15.0 Å². The Morgan fingerprint density at radius 3 is 2.88 bits per heavy atom. The van der Waals surface area contributed by atoms with Crippen LogP contribution in [0, 0.1) is 5.92 Å². The smallest absolute Gasteiger partial charge is 0.306 e. The minimum absolute atomic E-state index is 0.213. The number of aliphatic hydroxyl groups is 1. The molecule has 0 bridgehead atoms. The molecular formula is C11H18N2O3. The van der Waals surface area contributed by atoms with E-state index in [2.05, 4.69) is 4.98 Å². The van der Waals surface area contributed by atoms with Crippen molar-refractivity contribution in [2.24, 2.45) is 5.92 Å². The SMILES string of the molecule is CCCn1cncc1C(O)CC(C)C(=O)O. The molecule has 0 amide bonds. The highest BCUT2D eigenvalue weighted by Gasteiger charge is 2.20. The lowest BCUT2D eigenvalue weighted by Crippen LogP contribution is -2.15. The molecule has 0 aromatic carbocycles. The van der Waals surface area contributed by atoms with Gasteiger partial charge in [-0.25, -0.2) is 4.98 Å². The summed E-state index contributed by atoms with van der Waals surface area (Å²) in [5, 5.41) is 18.7. The van der Waals surface area contributed by atoms with Gasteiger partial charge in [0.2, 0.25) is 0 Å². The fraction of sp³-hybridized carbons (Fsp3) is 0.636. The molecule has 1 rings (SSSR count). The fourth-order valence-corrected chi connectivity index (χ4v) is 1.59. The molecule has 0 aliphatic carbocycles. The standard InChI is InChI=1S/C11H18N2O3/c1-3-4-13-7-12-6-9(13)10(14)5-8(2)11(15)16/h6-8,10,14H,3-5H2,1-2H3,(H,15,16). The number of hydrogen-bond donors (Lipinski definition) is 2. The molecule has 0 saturated heterocycles. The summed E-state index contributed by atoms with van der Waals surface area (Å²) in [7, 11) is 0. The summed E-state index contributed by atoms with van der Waals surface area (Å²) in [5.74, 6) is -1.44. The summed E-state index contributed by atoms with van der Waals surface area (Å²) < 4.78 is 1.86. The van der Waals surface area contributed by atoms with E-state index in [9.17, 15) is 9.90 Å². The molecule has 2 unspecified atom stereocenters. The van der Waals surface area contributed by atoms with Crippen LogP contribution in [0.1, 0.15) is 38.5 Å². The van der Waals surface area contributed by atoms with Gasteiger partial charge in [-0.1, -0.05) is 13.8 Å². The average Bonchev–Trinajstić information content (AvgIpc) is 2.66. The molecule has 2 N–H and O–H groups in total. The van der Waals surface area contributed by atoms with Gasteiger partial charge in [0.05, 0.1) is 30.2 Å². The molecule has 0 fully saturated rings. The Kier molecular flexibility index (Phi) is 4.49. The van der Waals surface area contributed by atoms with E-state index in [1.165, 1.54) is 0 Å². The summed E-state index contributed by atoms with van der Waals surface area (Å²) in [5.41, 5.74) is 0.690. The van der Waals surface area contributed by atoms with E-state index in [4.69, 9.17) is 5.11 Å². The summed E-state index contributed by atoms with van der Waals surface area (Å²) in [4.78, 5) is 14.7. The number of aryl methyl sites for hydroxylation is 1. The largest absolute Gasteiger partial charge is 0.481 e. The van der Waals surface area contributed by atoms with Crippen molar-refractivity contribution in [2.45, 2.75) is 39.3 Å². The monoisotopic (exact) mass is 226 g/mol. The van der Waals surface area contributed by atoms with E-state index >= 15 is 0 Å².